The molecule has 0 saturated heterocycles. The Morgan fingerprint density at radius 1 is 1.24 bits per heavy atom. The zero-order valence-corrected chi connectivity index (χ0v) is 16.2. The highest BCUT2D eigenvalue weighted by molar-refractivity contribution is 6.08. The van der Waals surface area contributed by atoms with Gasteiger partial charge in [0, 0.05) is 23.5 Å². The monoisotopic (exact) mass is 390 g/mol. The maximum Gasteiger partial charge on any atom is 0.340 e. The van der Waals surface area contributed by atoms with E-state index in [9.17, 15) is 9.59 Å². The van der Waals surface area contributed by atoms with E-state index >= 15 is 0 Å². The Kier molecular flexibility index (Phi) is 5.37. The minimum absolute atomic E-state index is 0.124. The van der Waals surface area contributed by atoms with Gasteiger partial charge in [-0.1, -0.05) is 17.7 Å². The van der Waals surface area contributed by atoms with Crippen LogP contribution in [0.15, 0.2) is 48.4 Å². The molecule has 1 amide bonds. The van der Waals surface area contributed by atoms with Gasteiger partial charge in [-0.2, -0.15) is 0 Å². The van der Waals surface area contributed by atoms with Crippen LogP contribution in [0.5, 0.6) is 0 Å². The molecule has 0 atom stereocenters. The summed E-state index contributed by atoms with van der Waals surface area (Å²) in [5.74, 6) is -0.553. The molecule has 148 valence electrons. The largest absolute Gasteiger partial charge is 0.462 e. The van der Waals surface area contributed by atoms with Crippen molar-refractivity contribution < 1.29 is 14.3 Å². The van der Waals surface area contributed by atoms with Crippen molar-refractivity contribution in [3.8, 4) is 11.3 Å². The van der Waals surface area contributed by atoms with Crippen LogP contribution < -0.4 is 5.32 Å². The minimum atomic E-state index is -0.428. The van der Waals surface area contributed by atoms with Crippen molar-refractivity contribution >= 4 is 28.6 Å². The number of allylic oxidation sites excluding steroid dienone is 1. The number of fused-ring (bicyclic) bond motifs is 1. The maximum absolute atomic E-state index is 12.3. The third-order valence-electron chi connectivity index (χ3n) is 4.95. The standard InChI is InChI=1S/C22H22N4O3/c1-2-29-22(28)17-12-23-21-19(17)20(24-13-25-21)15-8-5-9-16(11-15)26-18(27)10-14-6-3-4-7-14/h5,8-13H,2-4,6-7H2,1H3,(H,26,27)(H,23,24,25). The average molecular weight is 390 g/mol. The molecule has 7 heteroatoms. The van der Waals surface area contributed by atoms with Gasteiger partial charge >= 0.3 is 5.97 Å². The molecule has 1 saturated carbocycles. The molecule has 0 unspecified atom stereocenters. The third-order valence-corrected chi connectivity index (χ3v) is 4.95. The molecule has 0 aliphatic heterocycles. The molecule has 1 aliphatic rings. The fourth-order valence-corrected chi connectivity index (χ4v) is 3.63. The van der Waals surface area contributed by atoms with E-state index in [0.717, 1.165) is 31.2 Å². The van der Waals surface area contributed by atoms with Crippen molar-refractivity contribution in [3.05, 3.63) is 54.0 Å². The first-order chi connectivity index (χ1) is 14.2. The van der Waals surface area contributed by atoms with Crippen LogP contribution in [-0.4, -0.2) is 33.4 Å². The molecular formula is C22H22N4O3. The molecule has 1 aromatic carbocycles. The topological polar surface area (TPSA) is 97.0 Å². The Balaban J connectivity index is 1.67. The van der Waals surface area contributed by atoms with Gasteiger partial charge < -0.3 is 15.0 Å². The molecule has 1 aliphatic carbocycles. The maximum atomic E-state index is 12.3. The number of aromatic nitrogens is 3. The molecule has 2 heterocycles. The highest BCUT2D eigenvalue weighted by Crippen LogP contribution is 2.30. The van der Waals surface area contributed by atoms with Crippen molar-refractivity contribution in [2.24, 2.45) is 0 Å². The lowest BCUT2D eigenvalue weighted by atomic mass is 10.1. The summed E-state index contributed by atoms with van der Waals surface area (Å²) < 4.78 is 5.15. The van der Waals surface area contributed by atoms with Gasteiger partial charge in [-0.15, -0.1) is 0 Å². The number of esters is 1. The van der Waals surface area contributed by atoms with Crippen LogP contribution in [-0.2, 0) is 9.53 Å². The second-order valence-electron chi connectivity index (χ2n) is 6.95. The highest BCUT2D eigenvalue weighted by Gasteiger charge is 2.19. The molecular weight excluding hydrogens is 368 g/mol. The minimum Gasteiger partial charge on any atom is -0.462 e. The van der Waals surface area contributed by atoms with Gasteiger partial charge in [0.2, 0.25) is 5.91 Å². The van der Waals surface area contributed by atoms with Crippen LogP contribution in [0.2, 0.25) is 0 Å². The van der Waals surface area contributed by atoms with E-state index in [1.807, 2.05) is 24.3 Å². The summed E-state index contributed by atoms with van der Waals surface area (Å²) in [5.41, 5.74) is 4.18. The van der Waals surface area contributed by atoms with Crippen LogP contribution in [0.3, 0.4) is 0 Å². The van der Waals surface area contributed by atoms with Gasteiger partial charge in [-0.3, -0.25) is 4.79 Å². The molecule has 1 fully saturated rings. The number of ether oxygens (including phenoxy) is 1. The van der Waals surface area contributed by atoms with Crippen molar-refractivity contribution in [2.45, 2.75) is 32.6 Å². The Morgan fingerprint density at radius 2 is 2.07 bits per heavy atom. The van der Waals surface area contributed by atoms with E-state index in [-0.39, 0.29) is 12.5 Å². The van der Waals surface area contributed by atoms with Gasteiger partial charge in [-0.05, 0) is 44.7 Å². The number of H-pyrrole nitrogens is 1. The second kappa shape index (κ2) is 8.26. The van der Waals surface area contributed by atoms with Crippen molar-refractivity contribution in [2.75, 3.05) is 11.9 Å². The number of rotatable bonds is 5. The fourth-order valence-electron chi connectivity index (χ4n) is 3.63. The fraction of sp³-hybridized carbons (Fsp3) is 0.273. The van der Waals surface area contributed by atoms with E-state index in [2.05, 4.69) is 20.3 Å². The first-order valence-corrected chi connectivity index (χ1v) is 9.75. The summed E-state index contributed by atoms with van der Waals surface area (Å²) in [5, 5.41) is 3.52. The Labute approximate surface area is 168 Å². The van der Waals surface area contributed by atoms with Gasteiger partial charge in [0.25, 0.3) is 0 Å². The zero-order chi connectivity index (χ0) is 20.2. The third kappa shape index (κ3) is 4.03. The highest BCUT2D eigenvalue weighted by atomic mass is 16.5. The zero-order valence-electron chi connectivity index (χ0n) is 16.2. The normalized spacial score (nSPS) is 13.5. The summed E-state index contributed by atoms with van der Waals surface area (Å²) in [6, 6.07) is 7.40. The summed E-state index contributed by atoms with van der Waals surface area (Å²) in [6.07, 6.45) is 9.02. The van der Waals surface area contributed by atoms with Crippen LogP contribution in [0.25, 0.3) is 22.3 Å². The SMILES string of the molecule is CCOC(=O)c1c[nH]c2ncnc(-c3cccc(NC(=O)C=C4CCCC4)c3)c12. The van der Waals surface area contributed by atoms with Crippen molar-refractivity contribution in [1.82, 2.24) is 15.0 Å². The Hall–Kier alpha value is -3.48. The van der Waals surface area contributed by atoms with Gasteiger partial charge in [0.1, 0.15) is 12.0 Å². The van der Waals surface area contributed by atoms with Crippen LogP contribution in [0, 0.1) is 0 Å². The van der Waals surface area contributed by atoms with Crippen molar-refractivity contribution in [1.29, 1.82) is 0 Å². The predicted molar refractivity (Wildman–Crippen MR) is 110 cm³/mol. The molecule has 4 rings (SSSR count). The molecule has 3 aromatic rings. The molecule has 0 bridgehead atoms. The first kappa shape index (κ1) is 18.9. The number of aromatic amines is 1. The van der Waals surface area contributed by atoms with E-state index in [0.29, 0.717) is 28.0 Å². The number of hydrogen-bond donors (Lipinski definition) is 2. The number of amides is 1. The van der Waals surface area contributed by atoms with Gasteiger partial charge in [0.15, 0.2) is 0 Å². The van der Waals surface area contributed by atoms with Crippen LogP contribution in [0.4, 0.5) is 5.69 Å². The number of nitrogens with one attached hydrogen (secondary N) is 2. The quantitative estimate of drug-likeness (QED) is 0.502. The predicted octanol–water partition coefficient (Wildman–Crippen LogP) is 4.24. The molecule has 7 nitrogen and oxygen atoms in total. The summed E-state index contributed by atoms with van der Waals surface area (Å²) in [6.45, 7) is 2.04. The number of hydrogen-bond acceptors (Lipinski definition) is 5. The number of benzene rings is 1. The van der Waals surface area contributed by atoms with E-state index in [1.54, 1.807) is 19.2 Å². The average Bonchev–Trinajstić information content (AvgIpc) is 3.37. The molecule has 2 N–H and O–H groups in total. The van der Waals surface area contributed by atoms with E-state index in [4.69, 9.17) is 4.74 Å². The van der Waals surface area contributed by atoms with Crippen LogP contribution >= 0.6 is 0 Å². The van der Waals surface area contributed by atoms with E-state index in [1.165, 1.54) is 11.9 Å². The lowest BCUT2D eigenvalue weighted by molar-refractivity contribution is -0.112. The Bertz CT molecular complexity index is 1090. The smallest absolute Gasteiger partial charge is 0.340 e. The summed E-state index contributed by atoms with van der Waals surface area (Å²) >= 11 is 0. The Morgan fingerprint density at radius 3 is 2.86 bits per heavy atom. The number of carbonyl (C=O) groups is 2. The number of nitrogens with zero attached hydrogens (tertiary/aromatic N) is 2. The van der Waals surface area contributed by atoms with E-state index < -0.39 is 5.97 Å². The first-order valence-electron chi connectivity index (χ1n) is 9.75. The van der Waals surface area contributed by atoms with Crippen LogP contribution in [0.1, 0.15) is 43.0 Å². The van der Waals surface area contributed by atoms with Crippen molar-refractivity contribution in [3.63, 3.8) is 0 Å². The molecule has 0 radical (unpaired) electrons. The van der Waals surface area contributed by atoms with Gasteiger partial charge in [-0.25, -0.2) is 14.8 Å². The van der Waals surface area contributed by atoms with Gasteiger partial charge in [0.05, 0.1) is 23.3 Å². The summed E-state index contributed by atoms with van der Waals surface area (Å²) in [4.78, 5) is 36.2. The summed E-state index contributed by atoms with van der Waals surface area (Å²) in [7, 11) is 0. The molecule has 29 heavy (non-hydrogen) atoms. The number of carbonyl (C=O) groups excluding carboxylic acids is 2. The lowest BCUT2D eigenvalue weighted by Crippen LogP contribution is -2.08. The lowest BCUT2D eigenvalue weighted by Gasteiger charge is -2.08. The number of anilines is 1. The molecule has 2 aromatic heterocycles. The second-order valence-corrected chi connectivity index (χ2v) is 6.95. The molecule has 0 spiro atoms.